The number of carbonyl (C=O) groups excluding carboxylic acids is 1. The maximum atomic E-state index is 11.2. The van der Waals surface area contributed by atoms with Gasteiger partial charge in [0.15, 0.2) is 0 Å². The first kappa shape index (κ1) is 12.0. The van der Waals surface area contributed by atoms with Crippen molar-refractivity contribution in [2.45, 2.75) is 32.5 Å². The average Bonchev–Trinajstić information content (AvgIpc) is 2.67. The summed E-state index contributed by atoms with van der Waals surface area (Å²) in [6.45, 7) is 2.12. The lowest BCUT2D eigenvalue weighted by molar-refractivity contribution is -0.120. The van der Waals surface area contributed by atoms with Crippen LogP contribution in [-0.4, -0.2) is 21.9 Å². The van der Waals surface area contributed by atoms with Crippen molar-refractivity contribution in [3.63, 3.8) is 0 Å². The summed E-state index contributed by atoms with van der Waals surface area (Å²) in [4.78, 5) is 21.5. The molecule has 3 heterocycles. The van der Waals surface area contributed by atoms with Crippen LogP contribution in [0.4, 0.5) is 0 Å². The Hall–Kier alpha value is -1.04. The lowest BCUT2D eigenvalue weighted by Crippen LogP contribution is -2.23. The molecule has 0 bridgehead atoms. The van der Waals surface area contributed by atoms with Gasteiger partial charge in [-0.15, -0.1) is 11.3 Å². The number of carbonyl (C=O) groups is 1. The zero-order chi connectivity index (χ0) is 12.7. The van der Waals surface area contributed by atoms with E-state index in [0.717, 1.165) is 20.7 Å². The molecule has 2 aromatic rings. The number of Topliss-reactive ketones (excluding diaryl/α,β-unsaturated/α-hetero) is 1. The van der Waals surface area contributed by atoms with E-state index in [1.807, 2.05) is 0 Å². The third-order valence-electron chi connectivity index (χ3n) is 3.02. The fourth-order valence-electron chi connectivity index (χ4n) is 2.26. The third-order valence-corrected chi connectivity index (χ3v) is 4.42. The molecule has 6 heteroatoms. The number of nitrogens with zero attached hydrogens (tertiary/aromatic N) is 2. The molecule has 0 radical (unpaired) electrons. The Bertz CT molecular complexity index is 626. The Morgan fingerprint density at radius 3 is 3.22 bits per heavy atom. The molecule has 0 fully saturated rings. The number of thiophene rings is 1. The third kappa shape index (κ3) is 2.02. The first-order valence-electron chi connectivity index (χ1n) is 5.67. The number of rotatable bonds is 2. The molecule has 1 atom stereocenters. The van der Waals surface area contributed by atoms with E-state index in [2.05, 4.69) is 9.97 Å². The van der Waals surface area contributed by atoms with Gasteiger partial charge in [0.1, 0.15) is 22.1 Å². The van der Waals surface area contributed by atoms with Crippen LogP contribution in [0.3, 0.4) is 0 Å². The predicted molar refractivity (Wildman–Crippen MR) is 70.0 cm³/mol. The number of ketones is 1. The standard InChI is InChI=1S/C12H11ClN2O2S/c1-6(16)2-7-3-8-9(4-17-7)18-12-10(8)11(13)14-5-15-12/h5,7H,2-4H2,1H3. The van der Waals surface area contributed by atoms with Crippen molar-refractivity contribution in [3.8, 4) is 0 Å². The molecule has 1 unspecified atom stereocenters. The minimum Gasteiger partial charge on any atom is -0.372 e. The van der Waals surface area contributed by atoms with Gasteiger partial charge in [0.2, 0.25) is 0 Å². The van der Waals surface area contributed by atoms with Crippen LogP contribution in [0.5, 0.6) is 0 Å². The quantitative estimate of drug-likeness (QED) is 0.795. The fourth-order valence-corrected chi connectivity index (χ4v) is 3.66. The number of hydrogen-bond donors (Lipinski definition) is 0. The first-order chi connectivity index (χ1) is 8.65. The van der Waals surface area contributed by atoms with Crippen molar-refractivity contribution in [2.24, 2.45) is 0 Å². The summed E-state index contributed by atoms with van der Waals surface area (Å²) < 4.78 is 5.68. The lowest BCUT2D eigenvalue weighted by atomic mass is 10.0. The van der Waals surface area contributed by atoms with E-state index in [1.165, 1.54) is 6.33 Å². The van der Waals surface area contributed by atoms with Crippen LogP contribution in [0.2, 0.25) is 5.15 Å². The average molecular weight is 283 g/mol. The number of hydrogen-bond acceptors (Lipinski definition) is 5. The molecule has 0 aliphatic carbocycles. The van der Waals surface area contributed by atoms with Crippen LogP contribution in [0.25, 0.3) is 10.2 Å². The highest BCUT2D eigenvalue weighted by Gasteiger charge is 2.26. The molecule has 0 amide bonds. The zero-order valence-corrected chi connectivity index (χ0v) is 11.3. The molecule has 0 spiro atoms. The van der Waals surface area contributed by atoms with E-state index in [-0.39, 0.29) is 11.9 Å². The minimum atomic E-state index is -0.0518. The Kier molecular flexibility index (Phi) is 3.05. The Balaban J connectivity index is 2.03. The van der Waals surface area contributed by atoms with Crippen molar-refractivity contribution in [1.29, 1.82) is 0 Å². The van der Waals surface area contributed by atoms with Gasteiger partial charge in [0.05, 0.1) is 18.1 Å². The smallest absolute Gasteiger partial charge is 0.141 e. The summed E-state index contributed by atoms with van der Waals surface area (Å²) >= 11 is 7.73. The highest BCUT2D eigenvalue weighted by atomic mass is 35.5. The van der Waals surface area contributed by atoms with Gasteiger partial charge in [0, 0.05) is 17.7 Å². The topological polar surface area (TPSA) is 52.1 Å². The van der Waals surface area contributed by atoms with E-state index in [4.69, 9.17) is 16.3 Å². The number of fused-ring (bicyclic) bond motifs is 3. The van der Waals surface area contributed by atoms with E-state index in [1.54, 1.807) is 18.3 Å². The second-order valence-corrected chi connectivity index (χ2v) is 5.83. The summed E-state index contributed by atoms with van der Waals surface area (Å²) in [6.07, 6.45) is 2.58. The van der Waals surface area contributed by atoms with Crippen LogP contribution >= 0.6 is 22.9 Å². The van der Waals surface area contributed by atoms with E-state index < -0.39 is 0 Å². The SMILES string of the molecule is CC(=O)CC1Cc2c(sc3ncnc(Cl)c23)CO1. The molecule has 0 saturated heterocycles. The molecule has 1 aliphatic heterocycles. The molecule has 0 N–H and O–H groups in total. The molecule has 18 heavy (non-hydrogen) atoms. The predicted octanol–water partition coefficient (Wildman–Crippen LogP) is 2.77. The molecule has 0 aromatic carbocycles. The molecule has 4 nitrogen and oxygen atoms in total. The summed E-state index contributed by atoms with van der Waals surface area (Å²) in [5, 5.41) is 1.41. The monoisotopic (exact) mass is 282 g/mol. The largest absolute Gasteiger partial charge is 0.372 e. The van der Waals surface area contributed by atoms with Gasteiger partial charge < -0.3 is 4.74 Å². The van der Waals surface area contributed by atoms with Gasteiger partial charge in [-0.1, -0.05) is 11.6 Å². The van der Waals surface area contributed by atoms with Gasteiger partial charge in [0.25, 0.3) is 0 Å². The Labute approximate surface area is 113 Å². The number of aromatic nitrogens is 2. The van der Waals surface area contributed by atoms with Crippen molar-refractivity contribution in [1.82, 2.24) is 9.97 Å². The van der Waals surface area contributed by atoms with Crippen LogP contribution in [0, 0.1) is 0 Å². The summed E-state index contributed by atoms with van der Waals surface area (Å²) in [5.41, 5.74) is 1.15. The number of ether oxygens (including phenoxy) is 1. The van der Waals surface area contributed by atoms with Gasteiger partial charge in [-0.3, -0.25) is 4.79 Å². The van der Waals surface area contributed by atoms with Gasteiger partial charge in [-0.25, -0.2) is 9.97 Å². The van der Waals surface area contributed by atoms with Crippen LogP contribution in [-0.2, 0) is 22.6 Å². The fraction of sp³-hybridized carbons (Fsp3) is 0.417. The van der Waals surface area contributed by atoms with Crippen LogP contribution in [0.1, 0.15) is 23.8 Å². The van der Waals surface area contributed by atoms with Gasteiger partial charge in [-0.05, 0) is 12.5 Å². The Morgan fingerprint density at radius 2 is 2.44 bits per heavy atom. The second kappa shape index (κ2) is 4.57. The molecule has 0 saturated carbocycles. The molecular weight excluding hydrogens is 272 g/mol. The molecule has 2 aromatic heterocycles. The molecular formula is C12H11ClN2O2S. The molecule has 94 valence electrons. The van der Waals surface area contributed by atoms with Gasteiger partial charge in [-0.2, -0.15) is 0 Å². The van der Waals surface area contributed by atoms with E-state index in [0.29, 0.717) is 24.6 Å². The maximum Gasteiger partial charge on any atom is 0.141 e. The zero-order valence-electron chi connectivity index (χ0n) is 9.77. The minimum absolute atomic E-state index is 0.0518. The first-order valence-corrected chi connectivity index (χ1v) is 6.86. The normalized spacial score (nSPS) is 18.9. The highest BCUT2D eigenvalue weighted by molar-refractivity contribution is 7.18. The maximum absolute atomic E-state index is 11.2. The summed E-state index contributed by atoms with van der Waals surface area (Å²) in [6, 6.07) is 0. The lowest BCUT2D eigenvalue weighted by Gasteiger charge is -2.22. The second-order valence-electron chi connectivity index (χ2n) is 4.39. The summed E-state index contributed by atoms with van der Waals surface area (Å²) in [5.74, 6) is 0.144. The highest BCUT2D eigenvalue weighted by Crippen LogP contribution is 2.37. The summed E-state index contributed by atoms with van der Waals surface area (Å²) in [7, 11) is 0. The number of halogens is 1. The van der Waals surface area contributed by atoms with Crippen LogP contribution < -0.4 is 0 Å². The van der Waals surface area contributed by atoms with E-state index in [9.17, 15) is 4.79 Å². The Morgan fingerprint density at radius 1 is 1.61 bits per heavy atom. The van der Waals surface area contributed by atoms with Gasteiger partial charge >= 0.3 is 0 Å². The van der Waals surface area contributed by atoms with Crippen molar-refractivity contribution >= 4 is 38.9 Å². The van der Waals surface area contributed by atoms with Crippen LogP contribution in [0.15, 0.2) is 6.33 Å². The molecule has 1 aliphatic rings. The van der Waals surface area contributed by atoms with Crippen molar-refractivity contribution in [2.75, 3.05) is 0 Å². The van der Waals surface area contributed by atoms with Crippen molar-refractivity contribution in [3.05, 3.63) is 21.9 Å². The molecule has 3 rings (SSSR count). The van der Waals surface area contributed by atoms with Crippen molar-refractivity contribution < 1.29 is 9.53 Å². The van der Waals surface area contributed by atoms with E-state index >= 15 is 0 Å².